The van der Waals surface area contributed by atoms with Crippen molar-refractivity contribution in [3.8, 4) is 17.0 Å². The number of aromatic nitrogens is 2. The summed E-state index contributed by atoms with van der Waals surface area (Å²) in [6, 6.07) is 13.9. The number of nitrogens with one attached hydrogen (secondary N) is 1. The number of phenols is 1. The highest BCUT2D eigenvalue weighted by molar-refractivity contribution is 6.01. The molecule has 1 aliphatic heterocycles. The fraction of sp³-hybridized carbons (Fsp3) is 0.273. The number of phenolic OH excluding ortho intramolecular Hbond substituents is 1. The predicted molar refractivity (Wildman–Crippen MR) is 111 cm³/mol. The molecule has 3 aromatic rings. The molecule has 138 valence electrons. The Morgan fingerprint density at radius 1 is 1.19 bits per heavy atom. The molecule has 2 heterocycles. The number of rotatable bonds is 4. The number of aromatic hydroxyl groups is 1. The Labute approximate surface area is 159 Å². The van der Waals surface area contributed by atoms with Crippen molar-refractivity contribution in [1.29, 1.82) is 0 Å². The quantitative estimate of drug-likeness (QED) is 0.732. The maximum absolute atomic E-state index is 10.5. The van der Waals surface area contributed by atoms with Crippen LogP contribution >= 0.6 is 0 Å². The van der Waals surface area contributed by atoms with Gasteiger partial charge < -0.3 is 15.3 Å². The van der Waals surface area contributed by atoms with E-state index >= 15 is 0 Å². The molecule has 0 spiro atoms. The van der Waals surface area contributed by atoms with Crippen LogP contribution in [0.4, 0.5) is 5.82 Å². The molecule has 2 N–H and O–H groups in total. The zero-order valence-electron chi connectivity index (χ0n) is 15.5. The first kappa shape index (κ1) is 17.5. The van der Waals surface area contributed by atoms with Crippen molar-refractivity contribution in [3.05, 3.63) is 54.6 Å². The van der Waals surface area contributed by atoms with Gasteiger partial charge in [0, 0.05) is 28.9 Å². The summed E-state index contributed by atoms with van der Waals surface area (Å²) in [5, 5.41) is 25.0. The van der Waals surface area contributed by atoms with E-state index in [-0.39, 0.29) is 5.75 Å². The van der Waals surface area contributed by atoms with E-state index in [9.17, 15) is 5.11 Å². The van der Waals surface area contributed by atoms with Gasteiger partial charge in [0.2, 0.25) is 0 Å². The topological polar surface area (TPSA) is 61.3 Å². The summed E-state index contributed by atoms with van der Waals surface area (Å²) in [4.78, 5) is 2.34. The largest absolute Gasteiger partial charge is 0.507 e. The third kappa shape index (κ3) is 3.51. The summed E-state index contributed by atoms with van der Waals surface area (Å²) in [7, 11) is 2.15. The van der Waals surface area contributed by atoms with Gasteiger partial charge in [0.1, 0.15) is 11.4 Å². The second-order valence-electron chi connectivity index (χ2n) is 7.17. The third-order valence-electron chi connectivity index (χ3n) is 5.17. The summed E-state index contributed by atoms with van der Waals surface area (Å²) in [6.45, 7) is 5.89. The van der Waals surface area contributed by atoms with Crippen LogP contribution in [-0.4, -0.2) is 46.4 Å². The Bertz CT molecular complexity index is 985. The van der Waals surface area contributed by atoms with E-state index in [4.69, 9.17) is 0 Å². The zero-order valence-corrected chi connectivity index (χ0v) is 15.5. The van der Waals surface area contributed by atoms with Crippen molar-refractivity contribution in [2.45, 2.75) is 18.9 Å². The van der Waals surface area contributed by atoms with Gasteiger partial charge in [-0.1, -0.05) is 43.0 Å². The maximum Gasteiger partial charge on any atom is 0.156 e. The van der Waals surface area contributed by atoms with Crippen molar-refractivity contribution < 1.29 is 5.11 Å². The van der Waals surface area contributed by atoms with Crippen molar-refractivity contribution in [1.82, 2.24) is 15.1 Å². The van der Waals surface area contributed by atoms with E-state index in [1.54, 1.807) is 12.1 Å². The molecule has 1 fully saturated rings. The minimum atomic E-state index is 0.182. The molecule has 1 saturated heterocycles. The summed E-state index contributed by atoms with van der Waals surface area (Å²) < 4.78 is 0. The molecular formula is C22H24N4O. The number of anilines is 1. The SMILES string of the molecule is C=Cc1ccc(-c2nnc(NC3CCCN(C)C3)c3ccccc23)c(O)c1. The van der Waals surface area contributed by atoms with Crippen LogP contribution in [0.3, 0.4) is 0 Å². The molecule has 0 amide bonds. The molecule has 2 aromatic carbocycles. The molecular weight excluding hydrogens is 336 g/mol. The van der Waals surface area contributed by atoms with E-state index in [0.717, 1.165) is 41.7 Å². The van der Waals surface area contributed by atoms with Crippen LogP contribution in [0.2, 0.25) is 0 Å². The van der Waals surface area contributed by atoms with Crippen LogP contribution in [-0.2, 0) is 0 Å². The lowest BCUT2D eigenvalue weighted by Crippen LogP contribution is -2.40. The standard InChI is InChI=1S/C22H24N4O/c1-3-15-10-11-19(20(27)13-15)21-17-8-4-5-9-18(17)22(25-24-21)23-16-7-6-12-26(2)14-16/h3-5,8-11,13,16,27H,1,6-7,12,14H2,2H3,(H,23,25). The van der Waals surface area contributed by atoms with E-state index in [2.05, 4.69) is 40.1 Å². The third-order valence-corrected chi connectivity index (χ3v) is 5.17. The van der Waals surface area contributed by atoms with Gasteiger partial charge in [-0.3, -0.25) is 0 Å². The van der Waals surface area contributed by atoms with Gasteiger partial charge in [0.15, 0.2) is 5.82 Å². The predicted octanol–water partition coefficient (Wildman–Crippen LogP) is 4.15. The summed E-state index contributed by atoms with van der Waals surface area (Å²) >= 11 is 0. The van der Waals surface area contributed by atoms with E-state index in [1.807, 2.05) is 30.3 Å². The lowest BCUT2D eigenvalue weighted by atomic mass is 10.0. The molecule has 0 saturated carbocycles. The van der Waals surface area contributed by atoms with Gasteiger partial charge in [0.25, 0.3) is 0 Å². The lowest BCUT2D eigenvalue weighted by molar-refractivity contribution is 0.261. The molecule has 1 atom stereocenters. The monoisotopic (exact) mass is 360 g/mol. The van der Waals surface area contributed by atoms with Crippen LogP contribution in [0, 0.1) is 0 Å². The van der Waals surface area contributed by atoms with Gasteiger partial charge in [-0.2, -0.15) is 0 Å². The minimum absolute atomic E-state index is 0.182. The van der Waals surface area contributed by atoms with Gasteiger partial charge in [-0.25, -0.2) is 0 Å². The summed E-state index contributed by atoms with van der Waals surface area (Å²) in [6.07, 6.45) is 4.02. The first-order valence-electron chi connectivity index (χ1n) is 9.32. The summed E-state index contributed by atoms with van der Waals surface area (Å²) in [5.74, 6) is 0.985. The van der Waals surface area contributed by atoms with Crippen molar-refractivity contribution in [3.63, 3.8) is 0 Å². The van der Waals surface area contributed by atoms with Gasteiger partial charge in [-0.05, 0) is 44.1 Å². The Kier molecular flexibility index (Phi) is 4.77. The van der Waals surface area contributed by atoms with Crippen molar-refractivity contribution in [2.24, 2.45) is 0 Å². The van der Waals surface area contributed by atoms with Crippen molar-refractivity contribution >= 4 is 22.7 Å². The van der Waals surface area contributed by atoms with Crippen LogP contribution in [0.1, 0.15) is 18.4 Å². The molecule has 27 heavy (non-hydrogen) atoms. The van der Waals surface area contributed by atoms with Gasteiger partial charge >= 0.3 is 0 Å². The molecule has 0 radical (unpaired) electrons. The van der Waals surface area contributed by atoms with Crippen LogP contribution < -0.4 is 5.32 Å². The first-order chi connectivity index (χ1) is 13.2. The molecule has 5 nitrogen and oxygen atoms in total. The van der Waals surface area contributed by atoms with E-state index in [0.29, 0.717) is 17.3 Å². The number of nitrogens with zero attached hydrogens (tertiary/aromatic N) is 3. The first-order valence-corrected chi connectivity index (χ1v) is 9.32. The lowest BCUT2D eigenvalue weighted by Gasteiger charge is -2.30. The van der Waals surface area contributed by atoms with Gasteiger partial charge in [0.05, 0.1) is 0 Å². The highest BCUT2D eigenvalue weighted by atomic mass is 16.3. The Hall–Kier alpha value is -2.92. The van der Waals surface area contributed by atoms with E-state index in [1.165, 1.54) is 6.42 Å². The zero-order chi connectivity index (χ0) is 18.8. The number of hydrogen-bond acceptors (Lipinski definition) is 5. The van der Waals surface area contributed by atoms with Crippen molar-refractivity contribution in [2.75, 3.05) is 25.5 Å². The molecule has 1 aromatic heterocycles. The molecule has 1 aliphatic rings. The Morgan fingerprint density at radius 2 is 2.00 bits per heavy atom. The normalized spacial score (nSPS) is 17.7. The molecule has 0 aliphatic carbocycles. The number of likely N-dealkylation sites (tertiary alicyclic amines) is 1. The number of hydrogen-bond donors (Lipinski definition) is 2. The average Bonchev–Trinajstić information content (AvgIpc) is 2.68. The summed E-state index contributed by atoms with van der Waals surface area (Å²) in [5.41, 5.74) is 2.23. The Balaban J connectivity index is 1.75. The van der Waals surface area contributed by atoms with Crippen LogP contribution in [0.5, 0.6) is 5.75 Å². The smallest absolute Gasteiger partial charge is 0.156 e. The highest BCUT2D eigenvalue weighted by Gasteiger charge is 2.20. The van der Waals surface area contributed by atoms with Crippen LogP contribution in [0.25, 0.3) is 28.1 Å². The molecule has 0 bridgehead atoms. The average molecular weight is 360 g/mol. The molecule has 1 unspecified atom stereocenters. The molecule has 5 heteroatoms. The Morgan fingerprint density at radius 3 is 2.74 bits per heavy atom. The van der Waals surface area contributed by atoms with Crippen LogP contribution in [0.15, 0.2) is 49.0 Å². The fourth-order valence-electron chi connectivity index (χ4n) is 3.76. The minimum Gasteiger partial charge on any atom is -0.507 e. The molecule has 4 rings (SSSR count). The number of benzene rings is 2. The second kappa shape index (κ2) is 7.37. The van der Waals surface area contributed by atoms with Gasteiger partial charge in [-0.15, -0.1) is 10.2 Å². The second-order valence-corrected chi connectivity index (χ2v) is 7.17. The number of fused-ring (bicyclic) bond motifs is 1. The number of piperidine rings is 1. The van der Waals surface area contributed by atoms with E-state index < -0.39 is 0 Å². The highest BCUT2D eigenvalue weighted by Crippen LogP contribution is 2.35. The number of likely N-dealkylation sites (N-methyl/N-ethyl adjacent to an activating group) is 1. The maximum atomic E-state index is 10.5. The fourth-order valence-corrected chi connectivity index (χ4v) is 3.76.